The first kappa shape index (κ1) is 40.1. The van der Waals surface area contributed by atoms with Crippen LogP contribution in [-0.4, -0.2) is 89.6 Å². The number of sulfone groups is 1. The number of likely N-dealkylation sites (tertiary alicyclic amines) is 1. The van der Waals surface area contributed by atoms with Crippen molar-refractivity contribution in [2.75, 3.05) is 12.3 Å². The summed E-state index contributed by atoms with van der Waals surface area (Å²) in [7, 11) is -3.56. The molecule has 0 aromatic rings. The second-order valence-corrected chi connectivity index (χ2v) is 20.7. The molecule has 3 saturated carbocycles. The number of nitrogens with zero attached hydrogens (tertiary/aromatic N) is 1. The Hall–Kier alpha value is -2.70. The summed E-state index contributed by atoms with van der Waals surface area (Å²) in [5.74, 6) is -1.85. The standard InChI is InChI=1S/C37H63N5O7S/c1-10-11-15-25(29(43)32(45)38-23-16-17-23)39-31(44)28-27-24(26(27)22(2)3)20-42(28)33(46)30(35(4,5)6)40-34(47)41-37(18-13-12-14-19-37)21-50(48,49)36(7,8)9/h22-28,30H,10-21H2,1-9H3,(H,38,45)(H,39,44)(H2,40,41,47). The van der Waals surface area contributed by atoms with Crippen molar-refractivity contribution < 1.29 is 32.4 Å². The molecular weight excluding hydrogens is 659 g/mol. The third-order valence-corrected chi connectivity index (χ3v) is 14.1. The Balaban J connectivity index is 1.55. The topological polar surface area (TPSA) is 171 Å². The highest BCUT2D eigenvalue weighted by molar-refractivity contribution is 7.92. The van der Waals surface area contributed by atoms with E-state index in [1.807, 2.05) is 27.7 Å². The van der Waals surface area contributed by atoms with Gasteiger partial charge in [-0.2, -0.15) is 0 Å². The Labute approximate surface area is 299 Å². The molecule has 6 atom stereocenters. The minimum Gasteiger partial charge on any atom is -0.347 e. The molecule has 12 nitrogen and oxygen atoms in total. The van der Waals surface area contributed by atoms with E-state index in [2.05, 4.69) is 35.1 Å². The molecular formula is C37H63N5O7S. The average Bonchev–Trinajstić information content (AvgIpc) is 3.92. The van der Waals surface area contributed by atoms with E-state index in [9.17, 15) is 32.4 Å². The van der Waals surface area contributed by atoms with Gasteiger partial charge in [0.2, 0.25) is 17.6 Å². The van der Waals surface area contributed by atoms with Crippen molar-refractivity contribution in [2.45, 2.75) is 161 Å². The van der Waals surface area contributed by atoms with Crippen LogP contribution >= 0.6 is 0 Å². The summed E-state index contributed by atoms with van der Waals surface area (Å²) in [5, 5.41) is 11.5. The minimum atomic E-state index is -3.56. The maximum absolute atomic E-state index is 14.5. The summed E-state index contributed by atoms with van der Waals surface area (Å²) in [6.07, 6.45) is 6.99. The Bertz CT molecular complexity index is 1410. The number of hydrogen-bond acceptors (Lipinski definition) is 7. The van der Waals surface area contributed by atoms with Gasteiger partial charge in [-0.1, -0.05) is 73.6 Å². The zero-order valence-corrected chi connectivity index (χ0v) is 32.6. The van der Waals surface area contributed by atoms with Gasteiger partial charge in [0.05, 0.1) is 22.1 Å². The van der Waals surface area contributed by atoms with Crippen molar-refractivity contribution in [3.05, 3.63) is 0 Å². The molecule has 4 aliphatic rings. The van der Waals surface area contributed by atoms with E-state index in [1.54, 1.807) is 25.7 Å². The zero-order valence-electron chi connectivity index (χ0n) is 31.8. The van der Waals surface area contributed by atoms with E-state index in [4.69, 9.17) is 0 Å². The van der Waals surface area contributed by atoms with Crippen LogP contribution in [0.15, 0.2) is 0 Å². The van der Waals surface area contributed by atoms with Gasteiger partial charge in [0.1, 0.15) is 12.1 Å². The van der Waals surface area contributed by atoms with Gasteiger partial charge in [0.25, 0.3) is 5.91 Å². The van der Waals surface area contributed by atoms with Crippen LogP contribution in [0, 0.1) is 29.1 Å². The molecule has 5 amide bonds. The third-order valence-electron chi connectivity index (χ3n) is 11.3. The number of fused-ring (bicyclic) bond motifs is 1. The molecule has 50 heavy (non-hydrogen) atoms. The molecule has 0 aromatic heterocycles. The number of carbonyl (C=O) groups is 5. The van der Waals surface area contributed by atoms with Crippen molar-refractivity contribution in [3.63, 3.8) is 0 Å². The van der Waals surface area contributed by atoms with Gasteiger partial charge in [-0.05, 0) is 82.0 Å². The van der Waals surface area contributed by atoms with Crippen LogP contribution in [0.5, 0.6) is 0 Å². The summed E-state index contributed by atoms with van der Waals surface area (Å²) in [6, 6.07) is -3.46. The van der Waals surface area contributed by atoms with Gasteiger partial charge in [0, 0.05) is 12.6 Å². The monoisotopic (exact) mass is 721 g/mol. The number of hydrogen-bond donors (Lipinski definition) is 4. The fourth-order valence-corrected chi connectivity index (χ4v) is 9.58. The molecule has 1 heterocycles. The Morgan fingerprint density at radius 1 is 0.920 bits per heavy atom. The highest BCUT2D eigenvalue weighted by atomic mass is 32.2. The molecule has 4 fully saturated rings. The van der Waals surface area contributed by atoms with Gasteiger partial charge in [-0.15, -0.1) is 0 Å². The Kier molecular flexibility index (Phi) is 12.1. The van der Waals surface area contributed by atoms with E-state index < -0.39 is 73.2 Å². The largest absolute Gasteiger partial charge is 0.347 e. The lowest BCUT2D eigenvalue weighted by atomic mass is 9.83. The molecule has 0 bridgehead atoms. The second kappa shape index (κ2) is 15.1. The number of Topliss-reactive ketones (excluding diaryl/α,β-unsaturated/α-hetero) is 1. The number of amides is 5. The molecule has 1 saturated heterocycles. The van der Waals surface area contributed by atoms with Crippen LogP contribution in [0.4, 0.5) is 4.79 Å². The predicted octanol–water partition coefficient (Wildman–Crippen LogP) is 3.87. The summed E-state index contributed by atoms with van der Waals surface area (Å²) >= 11 is 0. The van der Waals surface area contributed by atoms with E-state index in [-0.39, 0.29) is 35.5 Å². The Morgan fingerprint density at radius 2 is 1.54 bits per heavy atom. The normalized spacial score (nSPS) is 26.0. The van der Waals surface area contributed by atoms with Crippen LogP contribution in [0.1, 0.15) is 127 Å². The van der Waals surface area contributed by atoms with Crippen LogP contribution < -0.4 is 21.3 Å². The first-order valence-corrected chi connectivity index (χ1v) is 20.5. The van der Waals surface area contributed by atoms with Crippen molar-refractivity contribution in [2.24, 2.45) is 29.1 Å². The lowest BCUT2D eigenvalue weighted by Gasteiger charge is -2.41. The molecule has 0 aromatic carbocycles. The lowest BCUT2D eigenvalue weighted by molar-refractivity contribution is -0.145. The van der Waals surface area contributed by atoms with Crippen molar-refractivity contribution in [1.29, 1.82) is 0 Å². The first-order chi connectivity index (χ1) is 23.1. The van der Waals surface area contributed by atoms with Gasteiger partial charge < -0.3 is 26.2 Å². The molecule has 4 rings (SSSR count). The number of nitrogens with one attached hydrogen (secondary N) is 4. The molecule has 13 heteroatoms. The number of carbonyl (C=O) groups excluding carboxylic acids is 5. The molecule has 6 unspecified atom stereocenters. The van der Waals surface area contributed by atoms with Crippen LogP contribution in [0.2, 0.25) is 0 Å². The van der Waals surface area contributed by atoms with Crippen LogP contribution in [-0.2, 0) is 29.0 Å². The van der Waals surface area contributed by atoms with Gasteiger partial charge in [0.15, 0.2) is 9.84 Å². The highest BCUT2D eigenvalue weighted by Crippen LogP contribution is 2.59. The van der Waals surface area contributed by atoms with E-state index in [0.29, 0.717) is 32.2 Å². The van der Waals surface area contributed by atoms with Crippen molar-refractivity contribution in [3.8, 4) is 0 Å². The van der Waals surface area contributed by atoms with Crippen LogP contribution in [0.3, 0.4) is 0 Å². The first-order valence-electron chi connectivity index (χ1n) is 18.9. The molecule has 0 spiro atoms. The summed E-state index contributed by atoms with van der Waals surface area (Å²) in [6.45, 7) is 17.0. The summed E-state index contributed by atoms with van der Waals surface area (Å²) < 4.78 is 25.7. The third kappa shape index (κ3) is 9.20. The maximum atomic E-state index is 14.5. The van der Waals surface area contributed by atoms with Gasteiger partial charge >= 0.3 is 6.03 Å². The lowest BCUT2D eigenvalue weighted by Crippen LogP contribution is -2.64. The van der Waals surface area contributed by atoms with Crippen LogP contribution in [0.25, 0.3) is 0 Å². The van der Waals surface area contributed by atoms with Gasteiger partial charge in [-0.3, -0.25) is 19.2 Å². The van der Waals surface area contributed by atoms with E-state index >= 15 is 0 Å². The van der Waals surface area contributed by atoms with Gasteiger partial charge in [-0.25, -0.2) is 13.2 Å². The summed E-state index contributed by atoms with van der Waals surface area (Å²) in [5.41, 5.74) is -1.70. The van der Waals surface area contributed by atoms with Crippen molar-refractivity contribution in [1.82, 2.24) is 26.2 Å². The smallest absolute Gasteiger partial charge is 0.315 e. The molecule has 3 aliphatic carbocycles. The number of rotatable bonds is 14. The number of ketones is 1. The number of unbranched alkanes of at least 4 members (excludes halogenated alkanes) is 1. The fraction of sp³-hybridized carbons (Fsp3) is 0.865. The second-order valence-electron chi connectivity index (χ2n) is 17.9. The fourth-order valence-electron chi connectivity index (χ4n) is 8.06. The average molecular weight is 722 g/mol. The number of urea groups is 1. The van der Waals surface area contributed by atoms with E-state index in [0.717, 1.165) is 38.5 Å². The maximum Gasteiger partial charge on any atom is 0.315 e. The predicted molar refractivity (Wildman–Crippen MR) is 193 cm³/mol. The SMILES string of the molecule is CCCCC(NC(=O)C1C2C(CN1C(=O)C(NC(=O)NC1(CS(=O)(=O)C(C)(C)C)CCCCC1)C(C)(C)C)C2C(C)C)C(=O)C(=O)NC1CC1. The molecule has 1 aliphatic heterocycles. The molecule has 0 radical (unpaired) electrons. The number of piperidine rings is 1. The Morgan fingerprint density at radius 3 is 2.06 bits per heavy atom. The van der Waals surface area contributed by atoms with E-state index in [1.165, 1.54) is 0 Å². The zero-order chi connectivity index (χ0) is 37.4. The molecule has 4 N–H and O–H groups in total. The molecule has 284 valence electrons. The van der Waals surface area contributed by atoms with Crippen molar-refractivity contribution >= 4 is 39.4 Å². The highest BCUT2D eigenvalue weighted by Gasteiger charge is 2.65. The summed E-state index contributed by atoms with van der Waals surface area (Å²) in [4.78, 5) is 70.0. The minimum absolute atomic E-state index is 0.00543. The quantitative estimate of drug-likeness (QED) is 0.197.